The lowest BCUT2D eigenvalue weighted by Gasteiger charge is -2.24. The minimum atomic E-state index is -0.288. The molecule has 5 rings (SSSR count). The Morgan fingerprint density at radius 2 is 2.16 bits per heavy atom. The van der Waals surface area contributed by atoms with Crippen LogP contribution in [0.2, 0.25) is 0 Å². The smallest absolute Gasteiger partial charge is 0.351 e. The van der Waals surface area contributed by atoms with Crippen LogP contribution in [0.1, 0.15) is 18.9 Å². The molecule has 1 saturated heterocycles. The van der Waals surface area contributed by atoms with Crippen molar-refractivity contribution in [3.8, 4) is 28.3 Å². The van der Waals surface area contributed by atoms with Gasteiger partial charge in [0.25, 0.3) is 0 Å². The van der Waals surface area contributed by atoms with Gasteiger partial charge in [-0.3, -0.25) is 9.25 Å². The highest BCUT2D eigenvalue weighted by Gasteiger charge is 2.21. The summed E-state index contributed by atoms with van der Waals surface area (Å²) >= 11 is 0. The van der Waals surface area contributed by atoms with Gasteiger partial charge in [0, 0.05) is 36.5 Å². The van der Waals surface area contributed by atoms with Crippen molar-refractivity contribution in [2.45, 2.75) is 39.0 Å². The standard InChI is InChI=1S/C23H26N4O4/c1-2-6-26-13-18(12-24-26)16-3-4-20-17(10-16)5-7-27-21(20)11-22(25-23(27)28)31-15-19-14-29-8-9-30-19/h3-4,10-13,19H,2,5-9,14-15H2,1H3. The van der Waals surface area contributed by atoms with Gasteiger partial charge in [0.2, 0.25) is 5.88 Å². The van der Waals surface area contributed by atoms with Gasteiger partial charge in [-0.25, -0.2) is 4.79 Å². The summed E-state index contributed by atoms with van der Waals surface area (Å²) in [7, 11) is 0. The molecule has 1 aromatic carbocycles. The number of fused-ring (bicyclic) bond motifs is 3. The second kappa shape index (κ2) is 8.64. The maximum atomic E-state index is 12.6. The molecule has 31 heavy (non-hydrogen) atoms. The van der Waals surface area contributed by atoms with Crippen LogP contribution in [-0.2, 0) is 29.0 Å². The van der Waals surface area contributed by atoms with Crippen LogP contribution < -0.4 is 10.4 Å². The predicted octanol–water partition coefficient (Wildman–Crippen LogP) is 2.53. The Kier molecular flexibility index (Phi) is 5.57. The predicted molar refractivity (Wildman–Crippen MR) is 115 cm³/mol. The van der Waals surface area contributed by atoms with Crippen LogP contribution >= 0.6 is 0 Å². The summed E-state index contributed by atoms with van der Waals surface area (Å²) in [6.45, 7) is 5.62. The van der Waals surface area contributed by atoms with Crippen LogP contribution in [0.5, 0.6) is 5.88 Å². The van der Waals surface area contributed by atoms with Crippen LogP contribution in [0.3, 0.4) is 0 Å². The lowest BCUT2D eigenvalue weighted by atomic mass is 9.94. The molecule has 4 heterocycles. The number of benzene rings is 1. The van der Waals surface area contributed by atoms with Crippen molar-refractivity contribution in [2.24, 2.45) is 0 Å². The molecular formula is C23H26N4O4. The van der Waals surface area contributed by atoms with Gasteiger partial charge in [0.05, 0.1) is 31.7 Å². The van der Waals surface area contributed by atoms with Gasteiger partial charge in [0.15, 0.2) is 0 Å². The molecule has 0 N–H and O–H groups in total. The van der Waals surface area contributed by atoms with E-state index in [2.05, 4.69) is 41.4 Å². The molecule has 162 valence electrons. The highest BCUT2D eigenvalue weighted by Crippen LogP contribution is 2.33. The van der Waals surface area contributed by atoms with Gasteiger partial charge in [-0.2, -0.15) is 10.1 Å². The Bertz CT molecular complexity index is 1130. The monoisotopic (exact) mass is 422 g/mol. The molecule has 8 nitrogen and oxygen atoms in total. The normalized spacial score (nSPS) is 17.8. The third-order valence-corrected chi connectivity index (χ3v) is 5.70. The van der Waals surface area contributed by atoms with Gasteiger partial charge < -0.3 is 14.2 Å². The Morgan fingerprint density at radius 1 is 1.23 bits per heavy atom. The molecule has 1 atom stereocenters. The molecule has 0 amide bonds. The molecule has 2 aromatic heterocycles. The summed E-state index contributed by atoms with van der Waals surface area (Å²) in [5.41, 5.74) is 5.04. The Morgan fingerprint density at radius 3 is 3.00 bits per heavy atom. The maximum absolute atomic E-state index is 12.6. The molecule has 0 saturated carbocycles. The van der Waals surface area contributed by atoms with Crippen LogP contribution in [0.25, 0.3) is 22.4 Å². The average molecular weight is 422 g/mol. The highest BCUT2D eigenvalue weighted by atomic mass is 16.6. The zero-order chi connectivity index (χ0) is 21.2. The molecule has 1 unspecified atom stereocenters. The summed E-state index contributed by atoms with van der Waals surface area (Å²) in [6, 6.07) is 8.21. The summed E-state index contributed by atoms with van der Waals surface area (Å²) in [4.78, 5) is 16.7. The molecular weight excluding hydrogens is 396 g/mol. The second-order valence-electron chi connectivity index (χ2n) is 7.91. The molecule has 8 heteroatoms. The average Bonchev–Trinajstić information content (AvgIpc) is 3.27. The Balaban J connectivity index is 1.41. The van der Waals surface area contributed by atoms with Crippen molar-refractivity contribution < 1.29 is 14.2 Å². The fourth-order valence-corrected chi connectivity index (χ4v) is 4.14. The SMILES string of the molecule is CCCn1cc(-c2ccc3c(c2)CCn2c-3cc(OCC3COCCO3)nc2=O)cn1. The third-order valence-electron chi connectivity index (χ3n) is 5.70. The second-order valence-corrected chi connectivity index (χ2v) is 7.91. The number of hydrogen-bond acceptors (Lipinski definition) is 6. The molecule has 3 aromatic rings. The maximum Gasteiger partial charge on any atom is 0.351 e. The fraction of sp³-hybridized carbons (Fsp3) is 0.435. The number of rotatable bonds is 6. The quantitative estimate of drug-likeness (QED) is 0.607. The summed E-state index contributed by atoms with van der Waals surface area (Å²) in [5.74, 6) is 0.322. The molecule has 0 bridgehead atoms. The van der Waals surface area contributed by atoms with Gasteiger partial charge in [-0.05, 0) is 24.0 Å². The molecule has 0 spiro atoms. The van der Waals surface area contributed by atoms with Crippen molar-refractivity contribution in [1.29, 1.82) is 0 Å². The van der Waals surface area contributed by atoms with E-state index in [0.29, 0.717) is 38.9 Å². The zero-order valence-corrected chi connectivity index (χ0v) is 17.6. The van der Waals surface area contributed by atoms with Crippen molar-refractivity contribution in [3.05, 3.63) is 52.7 Å². The molecule has 2 aliphatic rings. The minimum absolute atomic E-state index is 0.141. The van der Waals surface area contributed by atoms with Crippen molar-refractivity contribution in [2.75, 3.05) is 26.4 Å². The number of aryl methyl sites for hydroxylation is 2. The molecule has 2 aliphatic heterocycles. The first-order chi connectivity index (χ1) is 15.2. The topological polar surface area (TPSA) is 80.4 Å². The fourth-order valence-electron chi connectivity index (χ4n) is 4.14. The largest absolute Gasteiger partial charge is 0.475 e. The van der Waals surface area contributed by atoms with Gasteiger partial charge in [-0.1, -0.05) is 25.1 Å². The summed E-state index contributed by atoms with van der Waals surface area (Å²) < 4.78 is 20.5. The van der Waals surface area contributed by atoms with Crippen LogP contribution in [0, 0.1) is 0 Å². The summed E-state index contributed by atoms with van der Waals surface area (Å²) in [5, 5.41) is 4.44. The van der Waals surface area contributed by atoms with E-state index in [-0.39, 0.29) is 11.8 Å². The van der Waals surface area contributed by atoms with Crippen LogP contribution in [-0.4, -0.2) is 51.9 Å². The van der Waals surface area contributed by atoms with E-state index in [1.165, 1.54) is 5.56 Å². The minimum Gasteiger partial charge on any atom is -0.475 e. The van der Waals surface area contributed by atoms with Gasteiger partial charge >= 0.3 is 5.69 Å². The number of aromatic nitrogens is 4. The van der Waals surface area contributed by atoms with Crippen LogP contribution in [0.15, 0.2) is 41.5 Å². The van der Waals surface area contributed by atoms with Crippen molar-refractivity contribution in [1.82, 2.24) is 19.3 Å². The molecule has 0 radical (unpaired) electrons. The van der Waals surface area contributed by atoms with Gasteiger partial charge in [-0.15, -0.1) is 0 Å². The third kappa shape index (κ3) is 4.13. The number of nitrogens with zero attached hydrogens (tertiary/aromatic N) is 4. The first-order valence-electron chi connectivity index (χ1n) is 10.8. The first kappa shape index (κ1) is 20.0. The Labute approximate surface area is 180 Å². The van der Waals surface area contributed by atoms with E-state index in [0.717, 1.165) is 41.8 Å². The van der Waals surface area contributed by atoms with Crippen LogP contribution in [0.4, 0.5) is 0 Å². The van der Waals surface area contributed by atoms with E-state index >= 15 is 0 Å². The lowest BCUT2D eigenvalue weighted by molar-refractivity contribution is -0.102. The number of hydrogen-bond donors (Lipinski definition) is 0. The van der Waals surface area contributed by atoms with E-state index in [1.807, 2.05) is 16.9 Å². The summed E-state index contributed by atoms with van der Waals surface area (Å²) in [6.07, 6.45) is 5.69. The van der Waals surface area contributed by atoms with Crippen molar-refractivity contribution in [3.63, 3.8) is 0 Å². The highest BCUT2D eigenvalue weighted by molar-refractivity contribution is 5.73. The molecule has 0 aliphatic carbocycles. The number of ether oxygens (including phenoxy) is 3. The Hall–Kier alpha value is -2.97. The van der Waals surface area contributed by atoms with E-state index in [4.69, 9.17) is 14.2 Å². The zero-order valence-electron chi connectivity index (χ0n) is 17.6. The van der Waals surface area contributed by atoms with Crippen molar-refractivity contribution >= 4 is 0 Å². The first-order valence-corrected chi connectivity index (χ1v) is 10.8. The van der Waals surface area contributed by atoms with Gasteiger partial charge in [0.1, 0.15) is 12.7 Å². The van der Waals surface area contributed by atoms with E-state index in [9.17, 15) is 4.79 Å². The van der Waals surface area contributed by atoms with E-state index in [1.54, 1.807) is 4.57 Å². The van der Waals surface area contributed by atoms with E-state index < -0.39 is 0 Å². The lowest BCUT2D eigenvalue weighted by Crippen LogP contribution is -2.34. The molecule has 1 fully saturated rings.